The minimum absolute atomic E-state index is 0.137. The number of nitrogens with zero attached hydrogens (tertiary/aromatic N) is 2. The molecular weight excluding hydrogens is 228 g/mol. The molecule has 0 radical (unpaired) electrons. The fourth-order valence-corrected chi connectivity index (χ4v) is 1.27. The third kappa shape index (κ3) is 2.92. The molecule has 1 aromatic rings. The Kier molecular flexibility index (Phi) is 3.86. The van der Waals surface area contributed by atoms with Crippen LogP contribution in [0.1, 0.15) is 43.9 Å². The van der Waals surface area contributed by atoms with Crippen molar-refractivity contribution in [3.8, 4) is 0 Å². The number of rotatable bonds is 2. The lowest BCUT2D eigenvalue weighted by atomic mass is 9.96. The van der Waals surface area contributed by atoms with Gasteiger partial charge in [0, 0.05) is 11.6 Å². The molecule has 0 N–H and O–H groups in total. The van der Waals surface area contributed by atoms with Gasteiger partial charge in [-0.25, -0.2) is 14.8 Å². The molecule has 0 atom stereocenters. The highest BCUT2D eigenvalue weighted by Crippen LogP contribution is 2.21. The molecule has 0 spiro atoms. The van der Waals surface area contributed by atoms with Gasteiger partial charge < -0.3 is 4.74 Å². The Morgan fingerprint density at radius 1 is 1.50 bits per heavy atom. The lowest BCUT2D eigenvalue weighted by Crippen LogP contribution is -2.17. The molecule has 5 heteroatoms. The molecule has 1 heterocycles. The molecule has 88 valence electrons. The van der Waals surface area contributed by atoms with Crippen molar-refractivity contribution in [1.82, 2.24) is 9.97 Å². The highest BCUT2D eigenvalue weighted by molar-refractivity contribution is 6.32. The van der Waals surface area contributed by atoms with Crippen LogP contribution in [0.4, 0.5) is 0 Å². The molecule has 0 aliphatic rings. The second-order valence-corrected chi connectivity index (χ2v) is 4.73. The number of carbonyl (C=O) groups excluding carboxylic acids is 1. The first-order valence-electron chi connectivity index (χ1n) is 5.06. The fraction of sp³-hybridized carbons (Fsp3) is 0.545. The first-order valence-corrected chi connectivity index (χ1v) is 5.44. The maximum absolute atomic E-state index is 11.4. The zero-order valence-electron chi connectivity index (χ0n) is 9.87. The van der Waals surface area contributed by atoms with E-state index in [0.717, 1.165) is 0 Å². The molecule has 1 aromatic heterocycles. The third-order valence-corrected chi connectivity index (χ3v) is 2.20. The van der Waals surface area contributed by atoms with Crippen LogP contribution >= 0.6 is 11.6 Å². The quantitative estimate of drug-likeness (QED) is 0.591. The Labute approximate surface area is 100 Å². The summed E-state index contributed by atoms with van der Waals surface area (Å²) in [6.45, 7) is 7.96. The lowest BCUT2D eigenvalue weighted by molar-refractivity contribution is 0.0525. The Bertz CT molecular complexity index is 399. The minimum atomic E-state index is -0.493. The predicted molar refractivity (Wildman–Crippen MR) is 61.7 cm³/mol. The monoisotopic (exact) mass is 242 g/mol. The third-order valence-electron chi connectivity index (χ3n) is 1.91. The van der Waals surface area contributed by atoms with Crippen LogP contribution in [0.25, 0.3) is 0 Å². The minimum Gasteiger partial charge on any atom is -0.462 e. The molecule has 16 heavy (non-hydrogen) atoms. The number of ether oxygens (including phenoxy) is 1. The van der Waals surface area contributed by atoms with E-state index in [9.17, 15) is 4.79 Å². The number of carbonyl (C=O) groups is 1. The molecule has 0 unspecified atom stereocenters. The summed E-state index contributed by atoms with van der Waals surface area (Å²) in [5.74, 6) is 0.110. The zero-order valence-corrected chi connectivity index (χ0v) is 10.6. The smallest absolute Gasteiger partial charge is 0.342 e. The van der Waals surface area contributed by atoms with Crippen molar-refractivity contribution in [2.75, 3.05) is 6.61 Å². The maximum Gasteiger partial charge on any atom is 0.342 e. The van der Waals surface area contributed by atoms with Crippen molar-refractivity contribution < 1.29 is 9.53 Å². The summed E-state index contributed by atoms with van der Waals surface area (Å²) in [7, 11) is 0. The van der Waals surface area contributed by atoms with Gasteiger partial charge in [0.25, 0.3) is 0 Å². The maximum atomic E-state index is 11.4. The van der Waals surface area contributed by atoms with E-state index in [1.54, 1.807) is 6.92 Å². The molecule has 1 rings (SSSR count). The summed E-state index contributed by atoms with van der Waals surface area (Å²) >= 11 is 5.91. The van der Waals surface area contributed by atoms with Crippen LogP contribution in [0, 0.1) is 0 Å². The Balaban J connectivity index is 3.05. The standard InChI is InChI=1S/C11H15ClN2O2/c1-5-16-9(15)7-6-13-10(11(2,3)4)14-8(7)12/h6H,5H2,1-4H3. The van der Waals surface area contributed by atoms with E-state index >= 15 is 0 Å². The van der Waals surface area contributed by atoms with Crippen LogP contribution < -0.4 is 0 Å². The summed E-state index contributed by atoms with van der Waals surface area (Å²) < 4.78 is 4.83. The van der Waals surface area contributed by atoms with E-state index in [2.05, 4.69) is 9.97 Å². The number of halogens is 1. The second kappa shape index (κ2) is 4.78. The van der Waals surface area contributed by atoms with Gasteiger partial charge in [-0.3, -0.25) is 0 Å². The number of esters is 1. The molecule has 0 amide bonds. The average Bonchev–Trinajstić information content (AvgIpc) is 2.16. The van der Waals surface area contributed by atoms with E-state index < -0.39 is 5.97 Å². The topological polar surface area (TPSA) is 52.1 Å². The summed E-state index contributed by atoms with van der Waals surface area (Å²) in [6.07, 6.45) is 1.41. The van der Waals surface area contributed by atoms with E-state index in [-0.39, 0.29) is 16.1 Å². The molecular formula is C11H15ClN2O2. The molecule has 0 saturated carbocycles. The van der Waals surface area contributed by atoms with Gasteiger partial charge in [0.1, 0.15) is 16.5 Å². The molecule has 0 aromatic carbocycles. The van der Waals surface area contributed by atoms with Gasteiger partial charge in [-0.05, 0) is 6.92 Å². The van der Waals surface area contributed by atoms with Crippen LogP contribution in [0.5, 0.6) is 0 Å². The highest BCUT2D eigenvalue weighted by atomic mass is 35.5. The van der Waals surface area contributed by atoms with E-state index in [4.69, 9.17) is 16.3 Å². The normalized spacial score (nSPS) is 11.3. The first-order chi connectivity index (χ1) is 7.36. The molecule has 0 aliphatic heterocycles. The van der Waals surface area contributed by atoms with Crippen LogP contribution in [0.2, 0.25) is 5.15 Å². The van der Waals surface area contributed by atoms with Crippen molar-refractivity contribution in [2.45, 2.75) is 33.1 Å². The van der Waals surface area contributed by atoms with Crippen LogP contribution in [-0.4, -0.2) is 22.5 Å². The summed E-state index contributed by atoms with van der Waals surface area (Å²) in [5, 5.41) is 0.137. The Hall–Kier alpha value is -1.16. The van der Waals surface area contributed by atoms with Crippen LogP contribution in [0.15, 0.2) is 6.20 Å². The average molecular weight is 243 g/mol. The molecule has 0 fully saturated rings. The highest BCUT2D eigenvalue weighted by Gasteiger charge is 2.21. The molecule has 0 aliphatic carbocycles. The predicted octanol–water partition coefficient (Wildman–Crippen LogP) is 2.60. The van der Waals surface area contributed by atoms with Crippen LogP contribution in [-0.2, 0) is 10.2 Å². The van der Waals surface area contributed by atoms with Gasteiger partial charge in [-0.2, -0.15) is 0 Å². The van der Waals surface area contributed by atoms with Crippen molar-refractivity contribution in [2.24, 2.45) is 0 Å². The van der Waals surface area contributed by atoms with E-state index in [0.29, 0.717) is 12.4 Å². The molecule has 0 saturated heterocycles. The Morgan fingerprint density at radius 2 is 2.12 bits per heavy atom. The number of aromatic nitrogens is 2. The molecule has 0 bridgehead atoms. The van der Waals surface area contributed by atoms with Gasteiger partial charge in [0.2, 0.25) is 0 Å². The first kappa shape index (κ1) is 12.9. The van der Waals surface area contributed by atoms with Crippen molar-refractivity contribution in [3.63, 3.8) is 0 Å². The van der Waals surface area contributed by atoms with Gasteiger partial charge in [-0.15, -0.1) is 0 Å². The zero-order chi connectivity index (χ0) is 12.3. The Morgan fingerprint density at radius 3 is 2.56 bits per heavy atom. The summed E-state index contributed by atoms with van der Waals surface area (Å²) in [6, 6.07) is 0. The van der Waals surface area contributed by atoms with Crippen molar-refractivity contribution in [1.29, 1.82) is 0 Å². The number of hydrogen-bond donors (Lipinski definition) is 0. The van der Waals surface area contributed by atoms with E-state index in [1.807, 2.05) is 20.8 Å². The van der Waals surface area contributed by atoms with Gasteiger partial charge in [0.15, 0.2) is 0 Å². The second-order valence-electron chi connectivity index (χ2n) is 4.37. The van der Waals surface area contributed by atoms with Crippen molar-refractivity contribution in [3.05, 3.63) is 22.7 Å². The fourth-order valence-electron chi connectivity index (χ4n) is 1.07. The van der Waals surface area contributed by atoms with Gasteiger partial charge in [-0.1, -0.05) is 32.4 Å². The van der Waals surface area contributed by atoms with Crippen molar-refractivity contribution >= 4 is 17.6 Å². The lowest BCUT2D eigenvalue weighted by Gasteiger charge is -2.16. The summed E-state index contributed by atoms with van der Waals surface area (Å²) in [5.41, 5.74) is 0.00752. The van der Waals surface area contributed by atoms with E-state index in [1.165, 1.54) is 6.20 Å². The largest absolute Gasteiger partial charge is 0.462 e. The van der Waals surface area contributed by atoms with Crippen LogP contribution in [0.3, 0.4) is 0 Å². The van der Waals surface area contributed by atoms with Gasteiger partial charge >= 0.3 is 5.97 Å². The molecule has 4 nitrogen and oxygen atoms in total. The summed E-state index contributed by atoms with van der Waals surface area (Å²) in [4.78, 5) is 19.7. The number of hydrogen-bond acceptors (Lipinski definition) is 4. The SMILES string of the molecule is CCOC(=O)c1cnc(C(C)(C)C)nc1Cl. The van der Waals surface area contributed by atoms with Gasteiger partial charge in [0.05, 0.1) is 6.61 Å².